The van der Waals surface area contributed by atoms with Gasteiger partial charge in [0.2, 0.25) is 0 Å². The van der Waals surface area contributed by atoms with Crippen molar-refractivity contribution < 1.29 is 0 Å². The summed E-state index contributed by atoms with van der Waals surface area (Å²) in [5.41, 5.74) is 2.45. The Morgan fingerprint density at radius 1 is 1.38 bits per heavy atom. The predicted octanol–water partition coefficient (Wildman–Crippen LogP) is 5.40. The van der Waals surface area contributed by atoms with Gasteiger partial charge in [0.25, 0.3) is 0 Å². The number of hydrogen-bond acceptors (Lipinski definition) is 1. The minimum absolute atomic E-state index is 0.233. The average Bonchev–Trinajstić information content (AvgIpc) is 2.65. The average molecular weight is 376 g/mol. The maximum Gasteiger partial charge on any atom is 0.0849 e. The smallest absolute Gasteiger partial charge is 0.0849 e. The normalized spacial score (nSPS) is 27.1. The Bertz CT molecular complexity index is 495. The topological polar surface area (TPSA) is 17.8 Å². The van der Waals surface area contributed by atoms with Crippen LogP contribution < -0.4 is 0 Å². The van der Waals surface area contributed by atoms with E-state index in [2.05, 4.69) is 48.7 Å². The highest BCUT2D eigenvalue weighted by atomic mass is 79.9. The van der Waals surface area contributed by atoms with Gasteiger partial charge in [0, 0.05) is 11.9 Å². The first-order valence-electron chi connectivity index (χ1n) is 8.10. The molecule has 0 amide bonds. The van der Waals surface area contributed by atoms with Crippen molar-refractivity contribution in [3.05, 3.63) is 16.4 Å². The summed E-state index contributed by atoms with van der Waals surface area (Å²) in [6, 6.07) is 0. The maximum atomic E-state index is 6.54. The summed E-state index contributed by atoms with van der Waals surface area (Å²) in [5, 5.41) is 5.44. The summed E-state index contributed by atoms with van der Waals surface area (Å²) in [4.78, 5) is 0.619. The van der Waals surface area contributed by atoms with Crippen molar-refractivity contribution in [1.82, 2.24) is 9.78 Å². The fourth-order valence-corrected chi connectivity index (χ4v) is 5.74. The molecule has 0 radical (unpaired) electrons. The predicted molar refractivity (Wildman–Crippen MR) is 94.3 cm³/mol. The van der Waals surface area contributed by atoms with E-state index in [0.717, 1.165) is 29.5 Å². The zero-order chi connectivity index (χ0) is 15.8. The van der Waals surface area contributed by atoms with Gasteiger partial charge in [0.1, 0.15) is 0 Å². The summed E-state index contributed by atoms with van der Waals surface area (Å²) in [6.45, 7) is 9.25. The molecule has 0 N–H and O–H groups in total. The fraction of sp³-hybridized carbons (Fsp3) is 0.824. The van der Waals surface area contributed by atoms with Crippen molar-refractivity contribution >= 4 is 27.5 Å². The quantitative estimate of drug-likeness (QED) is 0.644. The van der Waals surface area contributed by atoms with Crippen LogP contribution in [0.1, 0.15) is 58.3 Å². The van der Waals surface area contributed by atoms with E-state index in [4.69, 9.17) is 11.6 Å². The van der Waals surface area contributed by atoms with E-state index in [-0.39, 0.29) is 5.41 Å². The molecule has 120 valence electrons. The molecule has 21 heavy (non-hydrogen) atoms. The lowest BCUT2D eigenvalue weighted by Crippen LogP contribution is -2.37. The van der Waals surface area contributed by atoms with Gasteiger partial charge in [-0.2, -0.15) is 5.10 Å². The molecule has 1 aromatic heterocycles. The van der Waals surface area contributed by atoms with Gasteiger partial charge in [-0.3, -0.25) is 4.68 Å². The molecule has 2 rings (SSSR count). The molecule has 0 saturated heterocycles. The molecular formula is C17H28BrClN2. The van der Waals surface area contributed by atoms with E-state index in [1.54, 1.807) is 0 Å². The minimum Gasteiger partial charge on any atom is -0.271 e. The molecule has 3 atom stereocenters. The molecule has 0 aliphatic heterocycles. The van der Waals surface area contributed by atoms with E-state index in [1.807, 2.05) is 11.7 Å². The van der Waals surface area contributed by atoms with Crippen LogP contribution in [-0.4, -0.2) is 14.6 Å². The first-order chi connectivity index (χ1) is 9.76. The third kappa shape index (κ3) is 3.67. The minimum atomic E-state index is 0.233. The zero-order valence-corrected chi connectivity index (χ0v) is 16.3. The molecule has 3 unspecified atom stereocenters. The SMILES string of the molecule is CCc1nn(C)c(CC(C)(C)C2CCC(C)CC2Br)c1Cl. The third-order valence-electron chi connectivity index (χ3n) is 5.16. The van der Waals surface area contributed by atoms with Crippen molar-refractivity contribution in [3.8, 4) is 0 Å². The molecular weight excluding hydrogens is 348 g/mol. The zero-order valence-electron chi connectivity index (χ0n) is 13.9. The largest absolute Gasteiger partial charge is 0.271 e. The van der Waals surface area contributed by atoms with Crippen molar-refractivity contribution in [3.63, 3.8) is 0 Å². The third-order valence-corrected chi connectivity index (χ3v) is 6.61. The number of nitrogens with zero attached hydrogens (tertiary/aromatic N) is 2. The second-order valence-electron chi connectivity index (χ2n) is 7.39. The van der Waals surface area contributed by atoms with Gasteiger partial charge < -0.3 is 0 Å². The molecule has 1 saturated carbocycles. The van der Waals surface area contributed by atoms with E-state index < -0.39 is 0 Å². The van der Waals surface area contributed by atoms with Gasteiger partial charge in [-0.1, -0.05) is 61.6 Å². The highest BCUT2D eigenvalue weighted by molar-refractivity contribution is 9.09. The van der Waals surface area contributed by atoms with E-state index in [1.165, 1.54) is 25.0 Å². The van der Waals surface area contributed by atoms with Crippen LogP contribution in [0.5, 0.6) is 0 Å². The Labute approximate surface area is 142 Å². The standard InChI is InChI=1S/C17H28BrClN2/c1-6-14-16(19)15(21(5)20-14)10-17(3,4)12-8-7-11(2)9-13(12)18/h11-13H,6-10H2,1-5H3. The Kier molecular flexibility index (Phi) is 5.46. The molecule has 1 heterocycles. The van der Waals surface area contributed by atoms with Crippen molar-refractivity contribution in [2.24, 2.45) is 24.3 Å². The fourth-order valence-electron chi connectivity index (χ4n) is 3.77. The molecule has 1 aliphatic rings. The van der Waals surface area contributed by atoms with Gasteiger partial charge >= 0.3 is 0 Å². The van der Waals surface area contributed by atoms with Crippen LogP contribution in [0.4, 0.5) is 0 Å². The van der Waals surface area contributed by atoms with Crippen LogP contribution in [0.3, 0.4) is 0 Å². The first-order valence-corrected chi connectivity index (χ1v) is 9.40. The maximum absolute atomic E-state index is 6.54. The number of aryl methyl sites for hydroxylation is 2. The monoisotopic (exact) mass is 374 g/mol. The number of hydrogen-bond donors (Lipinski definition) is 0. The van der Waals surface area contributed by atoms with Crippen LogP contribution >= 0.6 is 27.5 Å². The number of alkyl halides is 1. The Balaban J connectivity index is 2.19. The van der Waals surface area contributed by atoms with Crippen LogP contribution in [-0.2, 0) is 19.9 Å². The highest BCUT2D eigenvalue weighted by Gasteiger charge is 2.38. The first kappa shape index (κ1) is 17.3. The number of rotatable bonds is 4. The summed E-state index contributed by atoms with van der Waals surface area (Å²) >= 11 is 10.5. The van der Waals surface area contributed by atoms with Gasteiger partial charge in [-0.05, 0) is 42.9 Å². The molecule has 1 aromatic rings. The lowest BCUT2D eigenvalue weighted by atomic mass is 9.67. The molecule has 0 spiro atoms. The Morgan fingerprint density at radius 3 is 2.57 bits per heavy atom. The molecule has 1 aliphatic carbocycles. The van der Waals surface area contributed by atoms with E-state index >= 15 is 0 Å². The second kappa shape index (κ2) is 6.62. The second-order valence-corrected chi connectivity index (χ2v) is 8.94. The molecule has 2 nitrogen and oxygen atoms in total. The molecule has 0 bridgehead atoms. The van der Waals surface area contributed by atoms with Crippen LogP contribution in [0.2, 0.25) is 5.02 Å². The summed E-state index contributed by atoms with van der Waals surface area (Å²) < 4.78 is 1.98. The van der Waals surface area contributed by atoms with Crippen molar-refractivity contribution in [1.29, 1.82) is 0 Å². The summed E-state index contributed by atoms with van der Waals surface area (Å²) in [5.74, 6) is 1.54. The van der Waals surface area contributed by atoms with Crippen LogP contribution in [0, 0.1) is 17.3 Å². The summed E-state index contributed by atoms with van der Waals surface area (Å²) in [6.07, 6.45) is 5.83. The van der Waals surface area contributed by atoms with Gasteiger partial charge in [0.05, 0.1) is 16.4 Å². The van der Waals surface area contributed by atoms with Gasteiger partial charge in [-0.15, -0.1) is 0 Å². The van der Waals surface area contributed by atoms with Gasteiger partial charge in [0.15, 0.2) is 0 Å². The summed E-state index contributed by atoms with van der Waals surface area (Å²) in [7, 11) is 2.02. The Hall–Kier alpha value is -0.0200. The van der Waals surface area contributed by atoms with E-state index in [0.29, 0.717) is 10.7 Å². The van der Waals surface area contributed by atoms with E-state index in [9.17, 15) is 0 Å². The van der Waals surface area contributed by atoms with Crippen LogP contribution in [0.15, 0.2) is 0 Å². The lowest BCUT2D eigenvalue weighted by molar-refractivity contribution is 0.144. The number of aromatic nitrogens is 2. The number of halogens is 2. The van der Waals surface area contributed by atoms with Crippen molar-refractivity contribution in [2.45, 2.75) is 64.6 Å². The van der Waals surface area contributed by atoms with Crippen LogP contribution in [0.25, 0.3) is 0 Å². The van der Waals surface area contributed by atoms with Crippen molar-refractivity contribution in [2.75, 3.05) is 0 Å². The molecule has 1 fully saturated rings. The highest BCUT2D eigenvalue weighted by Crippen LogP contribution is 2.45. The van der Waals surface area contributed by atoms with Gasteiger partial charge in [-0.25, -0.2) is 0 Å². The Morgan fingerprint density at radius 2 is 2.05 bits per heavy atom. The molecule has 0 aromatic carbocycles. The molecule has 4 heteroatoms. The lowest BCUT2D eigenvalue weighted by Gasteiger charge is -2.42.